The molecular weight excluding hydrogens is 348 g/mol. The summed E-state index contributed by atoms with van der Waals surface area (Å²) in [4.78, 5) is 14.9. The quantitative estimate of drug-likeness (QED) is 0.799. The summed E-state index contributed by atoms with van der Waals surface area (Å²) in [7, 11) is 0. The fourth-order valence-electron chi connectivity index (χ4n) is 3.74. The van der Waals surface area contributed by atoms with Crippen molar-refractivity contribution in [2.24, 2.45) is 0 Å². The van der Waals surface area contributed by atoms with Gasteiger partial charge in [-0.25, -0.2) is 4.68 Å². The molecule has 4 rings (SSSR count). The van der Waals surface area contributed by atoms with Crippen molar-refractivity contribution in [2.75, 3.05) is 26.3 Å². The Labute approximate surface area is 158 Å². The Bertz CT molecular complexity index is 822. The minimum Gasteiger partial charge on any atom is -0.490 e. The standard InChI is InChI=1S/C19H24N4O4/c1-3-25-16-6-5-13(9-17(16)26-4-2)19(24)22-8-7-15-18(11-22)27-12-14-10-20-21-23(14)15/h5-6,9-10,15,18H,3-4,7-8,11-12H2,1-2H3/t15-,18-/m0/s1. The van der Waals surface area contributed by atoms with E-state index >= 15 is 0 Å². The van der Waals surface area contributed by atoms with Gasteiger partial charge in [-0.3, -0.25) is 4.79 Å². The molecule has 2 aliphatic heterocycles. The molecule has 27 heavy (non-hydrogen) atoms. The molecule has 3 heterocycles. The predicted molar refractivity (Wildman–Crippen MR) is 96.9 cm³/mol. The third-order valence-corrected chi connectivity index (χ3v) is 5.01. The van der Waals surface area contributed by atoms with E-state index in [1.807, 2.05) is 23.4 Å². The van der Waals surface area contributed by atoms with Crippen molar-refractivity contribution in [3.63, 3.8) is 0 Å². The number of hydrogen-bond acceptors (Lipinski definition) is 6. The molecule has 0 N–H and O–H groups in total. The molecule has 1 aromatic carbocycles. The molecule has 1 saturated heterocycles. The lowest BCUT2D eigenvalue weighted by Gasteiger charge is -2.41. The highest BCUT2D eigenvalue weighted by Crippen LogP contribution is 2.32. The second-order valence-corrected chi connectivity index (χ2v) is 6.65. The highest BCUT2D eigenvalue weighted by Gasteiger charge is 2.38. The second-order valence-electron chi connectivity index (χ2n) is 6.65. The van der Waals surface area contributed by atoms with Gasteiger partial charge in [0, 0.05) is 18.7 Å². The molecule has 0 bridgehead atoms. The molecule has 0 aliphatic carbocycles. The van der Waals surface area contributed by atoms with Gasteiger partial charge in [-0.05, 0) is 38.5 Å². The van der Waals surface area contributed by atoms with E-state index in [2.05, 4.69) is 10.3 Å². The van der Waals surface area contributed by atoms with E-state index < -0.39 is 0 Å². The van der Waals surface area contributed by atoms with Crippen LogP contribution >= 0.6 is 0 Å². The van der Waals surface area contributed by atoms with Crippen LogP contribution < -0.4 is 9.47 Å². The number of benzene rings is 1. The van der Waals surface area contributed by atoms with E-state index in [0.29, 0.717) is 50.0 Å². The molecule has 8 nitrogen and oxygen atoms in total. The summed E-state index contributed by atoms with van der Waals surface area (Å²) in [6, 6.07) is 5.49. The lowest BCUT2D eigenvalue weighted by Crippen LogP contribution is -2.50. The average molecular weight is 372 g/mol. The number of carbonyl (C=O) groups excluding carboxylic acids is 1. The zero-order valence-corrected chi connectivity index (χ0v) is 15.6. The summed E-state index contributed by atoms with van der Waals surface area (Å²) in [5.74, 6) is 1.23. The van der Waals surface area contributed by atoms with E-state index in [1.54, 1.807) is 24.4 Å². The van der Waals surface area contributed by atoms with Crippen LogP contribution in [0.1, 0.15) is 42.4 Å². The minimum atomic E-state index is -0.0639. The highest BCUT2D eigenvalue weighted by molar-refractivity contribution is 5.95. The molecular formula is C19H24N4O4. The summed E-state index contributed by atoms with van der Waals surface area (Å²) >= 11 is 0. The highest BCUT2D eigenvalue weighted by atomic mass is 16.5. The van der Waals surface area contributed by atoms with Crippen molar-refractivity contribution >= 4 is 5.91 Å². The normalized spacial score (nSPS) is 21.3. The number of carbonyl (C=O) groups is 1. The monoisotopic (exact) mass is 372 g/mol. The first kappa shape index (κ1) is 17.8. The molecule has 2 aromatic rings. The minimum absolute atomic E-state index is 0.0227. The van der Waals surface area contributed by atoms with E-state index in [4.69, 9.17) is 14.2 Å². The summed E-state index contributed by atoms with van der Waals surface area (Å²) < 4.78 is 19.1. The molecule has 1 aromatic heterocycles. The zero-order chi connectivity index (χ0) is 18.8. The largest absolute Gasteiger partial charge is 0.490 e. The van der Waals surface area contributed by atoms with E-state index in [1.165, 1.54) is 0 Å². The van der Waals surface area contributed by atoms with Crippen molar-refractivity contribution in [1.82, 2.24) is 19.9 Å². The van der Waals surface area contributed by atoms with Crippen LogP contribution in [0.2, 0.25) is 0 Å². The van der Waals surface area contributed by atoms with Gasteiger partial charge >= 0.3 is 0 Å². The number of likely N-dealkylation sites (tertiary alicyclic amines) is 1. The number of rotatable bonds is 5. The average Bonchev–Trinajstić information content (AvgIpc) is 3.18. The SMILES string of the molecule is CCOc1ccc(C(=O)N2CC[C@H]3[C@H](C2)OCc2cnnn23)cc1OCC. The van der Waals surface area contributed by atoms with Gasteiger partial charge in [-0.1, -0.05) is 5.21 Å². The first-order valence-electron chi connectivity index (χ1n) is 9.40. The van der Waals surface area contributed by atoms with E-state index in [9.17, 15) is 4.79 Å². The Morgan fingerprint density at radius 3 is 2.89 bits per heavy atom. The molecule has 8 heteroatoms. The van der Waals surface area contributed by atoms with Gasteiger partial charge in [-0.2, -0.15) is 0 Å². The first-order chi connectivity index (χ1) is 13.2. The number of amides is 1. The Hall–Kier alpha value is -2.61. The lowest BCUT2D eigenvalue weighted by molar-refractivity contribution is -0.0627. The van der Waals surface area contributed by atoms with Crippen LogP contribution in [0.3, 0.4) is 0 Å². The summed E-state index contributed by atoms with van der Waals surface area (Å²) in [6.07, 6.45) is 2.47. The number of hydrogen-bond donors (Lipinski definition) is 0. The van der Waals surface area contributed by atoms with Gasteiger partial charge in [0.2, 0.25) is 0 Å². The summed E-state index contributed by atoms with van der Waals surface area (Å²) in [5.41, 5.74) is 1.58. The van der Waals surface area contributed by atoms with Gasteiger partial charge in [0.05, 0.1) is 43.9 Å². The Kier molecular flexibility index (Phi) is 4.98. The molecule has 0 radical (unpaired) electrons. The van der Waals surface area contributed by atoms with Crippen molar-refractivity contribution in [1.29, 1.82) is 0 Å². The topological polar surface area (TPSA) is 78.7 Å². The van der Waals surface area contributed by atoms with Gasteiger partial charge in [-0.15, -0.1) is 5.10 Å². The Balaban J connectivity index is 1.50. The zero-order valence-electron chi connectivity index (χ0n) is 15.6. The van der Waals surface area contributed by atoms with Gasteiger partial charge < -0.3 is 19.1 Å². The third kappa shape index (κ3) is 3.37. The lowest BCUT2D eigenvalue weighted by atomic mass is 9.99. The smallest absolute Gasteiger partial charge is 0.254 e. The van der Waals surface area contributed by atoms with Crippen LogP contribution in [0.5, 0.6) is 11.5 Å². The summed E-state index contributed by atoms with van der Waals surface area (Å²) in [5, 5.41) is 8.15. The maximum atomic E-state index is 13.0. The van der Waals surface area contributed by atoms with Crippen LogP contribution in [0.15, 0.2) is 24.4 Å². The Morgan fingerprint density at radius 1 is 1.26 bits per heavy atom. The van der Waals surface area contributed by atoms with Gasteiger partial charge in [0.25, 0.3) is 5.91 Å². The van der Waals surface area contributed by atoms with Crippen LogP contribution in [0.4, 0.5) is 0 Å². The fourth-order valence-corrected chi connectivity index (χ4v) is 3.74. The van der Waals surface area contributed by atoms with Crippen LogP contribution in [0, 0.1) is 0 Å². The number of fused-ring (bicyclic) bond motifs is 3. The molecule has 2 aliphatic rings. The number of aromatic nitrogens is 3. The maximum Gasteiger partial charge on any atom is 0.254 e. The number of piperidine rings is 1. The number of nitrogens with zero attached hydrogens (tertiary/aromatic N) is 4. The van der Waals surface area contributed by atoms with Gasteiger partial charge in [0.15, 0.2) is 11.5 Å². The molecule has 1 amide bonds. The molecule has 144 valence electrons. The maximum absolute atomic E-state index is 13.0. The molecule has 0 unspecified atom stereocenters. The van der Waals surface area contributed by atoms with Crippen molar-refractivity contribution in [3.05, 3.63) is 35.7 Å². The molecule has 0 spiro atoms. The van der Waals surface area contributed by atoms with Crippen molar-refractivity contribution in [2.45, 2.75) is 39.0 Å². The first-order valence-corrected chi connectivity index (χ1v) is 9.40. The van der Waals surface area contributed by atoms with Crippen LogP contribution in [-0.4, -0.2) is 58.2 Å². The number of ether oxygens (including phenoxy) is 3. The van der Waals surface area contributed by atoms with Crippen LogP contribution in [0.25, 0.3) is 0 Å². The Morgan fingerprint density at radius 2 is 2.07 bits per heavy atom. The molecule has 2 atom stereocenters. The molecule has 1 fully saturated rings. The predicted octanol–water partition coefficient (Wildman–Crippen LogP) is 2.06. The summed E-state index contributed by atoms with van der Waals surface area (Å²) in [6.45, 7) is 6.56. The third-order valence-electron chi connectivity index (χ3n) is 5.01. The second kappa shape index (κ2) is 7.56. The molecule has 0 saturated carbocycles. The fraction of sp³-hybridized carbons (Fsp3) is 0.526. The van der Waals surface area contributed by atoms with E-state index in [-0.39, 0.29) is 18.1 Å². The van der Waals surface area contributed by atoms with E-state index in [0.717, 1.165) is 12.1 Å². The van der Waals surface area contributed by atoms with Crippen molar-refractivity contribution < 1.29 is 19.0 Å². The van der Waals surface area contributed by atoms with Crippen molar-refractivity contribution in [3.8, 4) is 11.5 Å². The van der Waals surface area contributed by atoms with Crippen LogP contribution in [-0.2, 0) is 11.3 Å². The van der Waals surface area contributed by atoms with Gasteiger partial charge in [0.1, 0.15) is 0 Å².